The lowest BCUT2D eigenvalue weighted by Crippen LogP contribution is -2.33. The minimum absolute atomic E-state index is 0.0302. The van der Waals surface area contributed by atoms with Crippen LogP contribution in [-0.4, -0.2) is 34.9 Å². The van der Waals surface area contributed by atoms with Gasteiger partial charge in [0.15, 0.2) is 6.10 Å². The maximum absolute atomic E-state index is 11.3. The Balaban J connectivity index is 2.25. The first-order valence-corrected chi connectivity index (χ1v) is 5.10. The zero-order valence-electron chi connectivity index (χ0n) is 9.09. The van der Waals surface area contributed by atoms with Gasteiger partial charge in [0.1, 0.15) is 0 Å². The van der Waals surface area contributed by atoms with Crippen LogP contribution in [0, 0.1) is 0 Å². The highest BCUT2D eigenvalue weighted by Crippen LogP contribution is 2.04. The smallest absolute Gasteiger partial charge is 0.332 e. The fraction of sp³-hybridized carbons (Fsp3) is 0.273. The van der Waals surface area contributed by atoms with E-state index in [2.05, 4.69) is 10.6 Å². The van der Waals surface area contributed by atoms with Crippen molar-refractivity contribution in [1.82, 2.24) is 5.32 Å². The van der Waals surface area contributed by atoms with Crippen LogP contribution in [-0.2, 0) is 4.79 Å². The number of aliphatic hydroxyl groups is 1. The summed E-state index contributed by atoms with van der Waals surface area (Å²) in [6, 6.07) is 8.41. The predicted molar refractivity (Wildman–Crippen MR) is 61.7 cm³/mol. The third kappa shape index (κ3) is 4.98. The lowest BCUT2D eigenvalue weighted by molar-refractivity contribution is -0.146. The van der Waals surface area contributed by atoms with Crippen molar-refractivity contribution >= 4 is 17.7 Å². The largest absolute Gasteiger partial charge is 0.479 e. The average molecular weight is 238 g/mol. The number of anilines is 1. The maximum Gasteiger partial charge on any atom is 0.332 e. The molecule has 1 rings (SSSR count). The normalized spacial score (nSPS) is 11.6. The van der Waals surface area contributed by atoms with Crippen molar-refractivity contribution in [3.8, 4) is 0 Å². The van der Waals surface area contributed by atoms with E-state index in [9.17, 15) is 9.59 Å². The van der Waals surface area contributed by atoms with Crippen LogP contribution < -0.4 is 10.6 Å². The molecule has 92 valence electrons. The van der Waals surface area contributed by atoms with E-state index in [0.29, 0.717) is 5.69 Å². The van der Waals surface area contributed by atoms with Crippen molar-refractivity contribution in [2.45, 2.75) is 12.5 Å². The summed E-state index contributed by atoms with van der Waals surface area (Å²) >= 11 is 0. The highest BCUT2D eigenvalue weighted by Gasteiger charge is 2.12. The molecule has 0 aliphatic heterocycles. The Labute approximate surface area is 98.3 Å². The van der Waals surface area contributed by atoms with E-state index in [-0.39, 0.29) is 13.0 Å². The number of para-hydroxylation sites is 1. The van der Waals surface area contributed by atoms with Crippen LogP contribution in [0.5, 0.6) is 0 Å². The number of carboxylic acid groups (broad SMARTS) is 1. The predicted octanol–water partition coefficient (Wildman–Crippen LogP) is 0.644. The van der Waals surface area contributed by atoms with Gasteiger partial charge in [-0.05, 0) is 12.1 Å². The molecule has 0 spiro atoms. The van der Waals surface area contributed by atoms with Gasteiger partial charge in [-0.3, -0.25) is 0 Å². The van der Waals surface area contributed by atoms with Gasteiger partial charge in [0.05, 0.1) is 0 Å². The third-order valence-corrected chi connectivity index (χ3v) is 2.02. The zero-order chi connectivity index (χ0) is 12.7. The molecule has 0 aromatic heterocycles. The second kappa shape index (κ2) is 6.49. The molecule has 0 fully saturated rings. The van der Waals surface area contributed by atoms with E-state index in [1.54, 1.807) is 24.3 Å². The molecule has 17 heavy (non-hydrogen) atoms. The van der Waals surface area contributed by atoms with Crippen molar-refractivity contribution in [3.63, 3.8) is 0 Å². The molecular weight excluding hydrogens is 224 g/mol. The lowest BCUT2D eigenvalue weighted by Gasteiger charge is -2.08. The number of hydrogen-bond donors (Lipinski definition) is 4. The van der Waals surface area contributed by atoms with E-state index in [0.717, 1.165) is 0 Å². The number of nitrogens with one attached hydrogen (secondary N) is 2. The molecule has 1 aromatic rings. The van der Waals surface area contributed by atoms with Gasteiger partial charge >= 0.3 is 12.0 Å². The molecule has 1 aromatic carbocycles. The molecule has 0 aliphatic rings. The topological polar surface area (TPSA) is 98.7 Å². The lowest BCUT2D eigenvalue weighted by atomic mass is 10.2. The summed E-state index contributed by atoms with van der Waals surface area (Å²) in [6.07, 6.45) is -1.48. The second-order valence-corrected chi connectivity index (χ2v) is 3.39. The van der Waals surface area contributed by atoms with Crippen molar-refractivity contribution in [3.05, 3.63) is 30.3 Å². The van der Waals surface area contributed by atoms with Crippen LogP contribution in [0.4, 0.5) is 10.5 Å². The summed E-state index contributed by atoms with van der Waals surface area (Å²) in [4.78, 5) is 21.6. The molecule has 0 radical (unpaired) electrons. The van der Waals surface area contributed by atoms with Gasteiger partial charge in [-0.2, -0.15) is 0 Å². The number of carbonyl (C=O) groups is 2. The Bertz CT molecular complexity index is 380. The zero-order valence-corrected chi connectivity index (χ0v) is 9.09. The van der Waals surface area contributed by atoms with Crippen molar-refractivity contribution in [2.75, 3.05) is 11.9 Å². The van der Waals surface area contributed by atoms with Crippen LogP contribution in [0.25, 0.3) is 0 Å². The SMILES string of the molecule is O=C(NCC[C@H](O)C(=O)O)Nc1ccccc1. The Kier molecular flexibility index (Phi) is 4.96. The number of urea groups is 1. The molecule has 6 heteroatoms. The van der Waals surface area contributed by atoms with Crippen LogP contribution in [0.15, 0.2) is 30.3 Å². The van der Waals surface area contributed by atoms with Gasteiger partial charge in [0, 0.05) is 18.7 Å². The molecule has 6 nitrogen and oxygen atoms in total. The van der Waals surface area contributed by atoms with Crippen molar-refractivity contribution in [2.24, 2.45) is 0 Å². The summed E-state index contributed by atoms with van der Waals surface area (Å²) in [5, 5.41) is 22.4. The van der Waals surface area contributed by atoms with Crippen LogP contribution in [0.3, 0.4) is 0 Å². The highest BCUT2D eigenvalue weighted by atomic mass is 16.4. The number of amides is 2. The molecule has 0 saturated carbocycles. The van der Waals surface area contributed by atoms with Crippen LogP contribution >= 0.6 is 0 Å². The number of benzene rings is 1. The van der Waals surface area contributed by atoms with E-state index in [4.69, 9.17) is 10.2 Å². The summed E-state index contributed by atoms with van der Waals surface area (Å²) in [5.74, 6) is -1.30. The van der Waals surface area contributed by atoms with Gasteiger partial charge < -0.3 is 20.8 Å². The first-order chi connectivity index (χ1) is 8.09. The summed E-state index contributed by atoms with van der Waals surface area (Å²) < 4.78 is 0. The van der Waals surface area contributed by atoms with E-state index in [1.165, 1.54) is 0 Å². The molecular formula is C11H14N2O4. The minimum atomic E-state index is -1.45. The summed E-state index contributed by atoms with van der Waals surface area (Å²) in [5.41, 5.74) is 0.642. The van der Waals surface area contributed by atoms with E-state index < -0.39 is 18.1 Å². The maximum atomic E-state index is 11.3. The molecule has 0 saturated heterocycles. The molecule has 2 amide bonds. The first kappa shape index (κ1) is 13.0. The number of aliphatic carboxylic acids is 1. The minimum Gasteiger partial charge on any atom is -0.479 e. The van der Waals surface area contributed by atoms with Crippen LogP contribution in [0.2, 0.25) is 0 Å². The third-order valence-electron chi connectivity index (χ3n) is 2.02. The molecule has 0 heterocycles. The second-order valence-electron chi connectivity index (χ2n) is 3.39. The van der Waals surface area contributed by atoms with Gasteiger partial charge in [-0.25, -0.2) is 9.59 Å². The standard InChI is InChI=1S/C11H14N2O4/c14-9(10(15)16)6-7-12-11(17)13-8-4-2-1-3-5-8/h1-5,9,14H,6-7H2,(H,15,16)(H2,12,13,17)/t9-/m0/s1. The van der Waals surface area contributed by atoms with Crippen molar-refractivity contribution < 1.29 is 19.8 Å². The highest BCUT2D eigenvalue weighted by molar-refractivity contribution is 5.89. The monoisotopic (exact) mass is 238 g/mol. The first-order valence-electron chi connectivity index (χ1n) is 5.10. The number of rotatable bonds is 5. The summed E-state index contributed by atoms with van der Waals surface area (Å²) in [7, 11) is 0. The average Bonchev–Trinajstić information content (AvgIpc) is 2.30. The van der Waals surface area contributed by atoms with Crippen LogP contribution in [0.1, 0.15) is 6.42 Å². The Morgan fingerprint density at radius 3 is 2.47 bits per heavy atom. The number of carbonyl (C=O) groups excluding carboxylic acids is 1. The number of hydrogen-bond acceptors (Lipinski definition) is 3. The quantitative estimate of drug-likeness (QED) is 0.605. The van der Waals surface area contributed by atoms with Gasteiger partial charge in [0.25, 0.3) is 0 Å². The fourth-order valence-electron chi connectivity index (χ4n) is 1.14. The molecule has 4 N–H and O–H groups in total. The molecule has 1 atom stereocenters. The summed E-state index contributed by atoms with van der Waals surface area (Å²) in [6.45, 7) is 0.0894. The van der Waals surface area contributed by atoms with Gasteiger partial charge in [-0.15, -0.1) is 0 Å². The Hall–Kier alpha value is -2.08. The fourth-order valence-corrected chi connectivity index (χ4v) is 1.14. The van der Waals surface area contributed by atoms with Gasteiger partial charge in [-0.1, -0.05) is 18.2 Å². The molecule has 0 bridgehead atoms. The molecule has 0 aliphatic carbocycles. The van der Waals surface area contributed by atoms with Crippen molar-refractivity contribution in [1.29, 1.82) is 0 Å². The Morgan fingerprint density at radius 2 is 1.88 bits per heavy atom. The van der Waals surface area contributed by atoms with Gasteiger partial charge in [0.2, 0.25) is 0 Å². The van der Waals surface area contributed by atoms with E-state index in [1.807, 2.05) is 6.07 Å². The Morgan fingerprint density at radius 1 is 1.24 bits per heavy atom. The number of carboxylic acids is 1. The molecule has 0 unspecified atom stereocenters. The van der Waals surface area contributed by atoms with E-state index >= 15 is 0 Å². The number of aliphatic hydroxyl groups excluding tert-OH is 1.